The summed E-state index contributed by atoms with van der Waals surface area (Å²) in [6.07, 6.45) is 0.512. The molecule has 1 aliphatic heterocycles. The number of hydrogen-bond acceptors (Lipinski definition) is 5. The van der Waals surface area contributed by atoms with Gasteiger partial charge >= 0.3 is 0 Å². The number of likely N-dealkylation sites (tertiary alicyclic amines) is 1. The van der Waals surface area contributed by atoms with Crippen molar-refractivity contribution < 1.29 is 19.4 Å². The highest BCUT2D eigenvalue weighted by Gasteiger charge is 2.40. The smallest absolute Gasteiger partial charge is 0.254 e. The van der Waals surface area contributed by atoms with Gasteiger partial charge in [0, 0.05) is 18.7 Å². The molecule has 1 unspecified atom stereocenters. The SMILES string of the molecule is COc1cc(C(=O)N2CCC(O)(c3ccccc3C)C2)ccc1OCCN. The van der Waals surface area contributed by atoms with Gasteiger partial charge in [-0.2, -0.15) is 0 Å². The molecule has 144 valence electrons. The first kappa shape index (κ1) is 19.2. The molecule has 3 N–H and O–H groups in total. The number of aryl methyl sites for hydroxylation is 1. The molecule has 1 heterocycles. The van der Waals surface area contributed by atoms with Crippen LogP contribution in [-0.4, -0.2) is 49.3 Å². The number of aliphatic hydroxyl groups is 1. The van der Waals surface area contributed by atoms with Crippen molar-refractivity contribution in [2.24, 2.45) is 5.73 Å². The van der Waals surface area contributed by atoms with E-state index in [-0.39, 0.29) is 12.5 Å². The van der Waals surface area contributed by atoms with Gasteiger partial charge in [0.2, 0.25) is 0 Å². The zero-order valence-corrected chi connectivity index (χ0v) is 15.8. The highest BCUT2D eigenvalue weighted by Crippen LogP contribution is 2.35. The van der Waals surface area contributed by atoms with Gasteiger partial charge < -0.3 is 25.2 Å². The van der Waals surface area contributed by atoms with E-state index in [0.717, 1.165) is 11.1 Å². The first-order chi connectivity index (χ1) is 13.0. The minimum absolute atomic E-state index is 0.136. The van der Waals surface area contributed by atoms with E-state index >= 15 is 0 Å². The lowest BCUT2D eigenvalue weighted by Crippen LogP contribution is -2.34. The Hall–Kier alpha value is -2.57. The molecule has 2 aromatic rings. The van der Waals surface area contributed by atoms with Crippen molar-refractivity contribution in [1.82, 2.24) is 4.90 Å². The molecule has 0 spiro atoms. The van der Waals surface area contributed by atoms with Crippen LogP contribution in [0.15, 0.2) is 42.5 Å². The lowest BCUT2D eigenvalue weighted by Gasteiger charge is -2.25. The van der Waals surface area contributed by atoms with Gasteiger partial charge in [0.05, 0.1) is 13.7 Å². The van der Waals surface area contributed by atoms with Crippen molar-refractivity contribution in [3.8, 4) is 11.5 Å². The average Bonchev–Trinajstić information content (AvgIpc) is 3.09. The van der Waals surface area contributed by atoms with E-state index in [9.17, 15) is 9.90 Å². The molecule has 0 bridgehead atoms. The Morgan fingerprint density at radius 2 is 2.04 bits per heavy atom. The van der Waals surface area contributed by atoms with Crippen LogP contribution in [-0.2, 0) is 5.60 Å². The maximum Gasteiger partial charge on any atom is 0.254 e. The molecule has 0 saturated carbocycles. The van der Waals surface area contributed by atoms with Gasteiger partial charge in [-0.1, -0.05) is 24.3 Å². The molecule has 1 fully saturated rings. The Morgan fingerprint density at radius 3 is 2.74 bits per heavy atom. The fourth-order valence-electron chi connectivity index (χ4n) is 3.55. The van der Waals surface area contributed by atoms with Crippen LogP contribution in [0.4, 0.5) is 0 Å². The minimum atomic E-state index is -1.02. The fourth-order valence-corrected chi connectivity index (χ4v) is 3.55. The number of nitrogens with two attached hydrogens (primary N) is 1. The Bertz CT molecular complexity index is 824. The first-order valence-electron chi connectivity index (χ1n) is 9.07. The van der Waals surface area contributed by atoms with Gasteiger partial charge in [-0.25, -0.2) is 0 Å². The van der Waals surface area contributed by atoms with Crippen LogP contribution >= 0.6 is 0 Å². The molecule has 0 aromatic heterocycles. The number of ether oxygens (including phenoxy) is 2. The quantitative estimate of drug-likeness (QED) is 0.813. The van der Waals surface area contributed by atoms with E-state index in [2.05, 4.69) is 0 Å². The second kappa shape index (κ2) is 7.98. The van der Waals surface area contributed by atoms with Crippen molar-refractivity contribution in [2.75, 3.05) is 33.4 Å². The third-order valence-electron chi connectivity index (χ3n) is 4.97. The molecule has 0 aliphatic carbocycles. The van der Waals surface area contributed by atoms with Crippen LogP contribution in [0.2, 0.25) is 0 Å². The largest absolute Gasteiger partial charge is 0.493 e. The summed E-state index contributed by atoms with van der Waals surface area (Å²) in [7, 11) is 1.53. The third kappa shape index (κ3) is 3.91. The number of carbonyl (C=O) groups excluding carboxylic acids is 1. The summed E-state index contributed by atoms with van der Waals surface area (Å²) in [6.45, 7) is 3.51. The second-order valence-corrected chi connectivity index (χ2v) is 6.83. The number of carbonyl (C=O) groups is 1. The average molecular weight is 370 g/mol. The maximum absolute atomic E-state index is 12.9. The summed E-state index contributed by atoms with van der Waals surface area (Å²) < 4.78 is 10.9. The van der Waals surface area contributed by atoms with Gasteiger partial charge in [0.15, 0.2) is 11.5 Å². The highest BCUT2D eigenvalue weighted by atomic mass is 16.5. The van der Waals surface area contributed by atoms with Crippen LogP contribution in [0, 0.1) is 6.92 Å². The van der Waals surface area contributed by atoms with Crippen molar-refractivity contribution in [1.29, 1.82) is 0 Å². The Labute approximate surface area is 159 Å². The van der Waals surface area contributed by atoms with E-state index in [0.29, 0.717) is 43.2 Å². The Morgan fingerprint density at radius 1 is 1.26 bits per heavy atom. The molecule has 3 rings (SSSR count). The van der Waals surface area contributed by atoms with Gasteiger partial charge in [0.1, 0.15) is 12.2 Å². The number of benzene rings is 2. The Balaban J connectivity index is 1.78. The molecule has 1 atom stereocenters. The molecule has 1 aliphatic rings. The van der Waals surface area contributed by atoms with E-state index in [1.165, 1.54) is 7.11 Å². The zero-order chi connectivity index (χ0) is 19.4. The van der Waals surface area contributed by atoms with Crippen LogP contribution in [0.5, 0.6) is 11.5 Å². The minimum Gasteiger partial charge on any atom is -0.493 e. The summed E-state index contributed by atoms with van der Waals surface area (Å²) in [6, 6.07) is 12.8. The van der Waals surface area contributed by atoms with Crippen molar-refractivity contribution in [3.05, 3.63) is 59.2 Å². The van der Waals surface area contributed by atoms with E-state index < -0.39 is 5.60 Å². The fraction of sp³-hybridized carbons (Fsp3) is 0.381. The molecule has 27 heavy (non-hydrogen) atoms. The molecule has 6 nitrogen and oxygen atoms in total. The Kier molecular flexibility index (Phi) is 5.68. The van der Waals surface area contributed by atoms with Crippen molar-refractivity contribution in [3.63, 3.8) is 0 Å². The summed E-state index contributed by atoms with van der Waals surface area (Å²) >= 11 is 0. The molecular weight excluding hydrogens is 344 g/mol. The molecule has 0 radical (unpaired) electrons. The summed E-state index contributed by atoms with van der Waals surface area (Å²) in [5.41, 5.74) is 6.85. The standard InChI is InChI=1S/C21H26N2O4/c1-15-5-3-4-6-17(15)21(25)9-11-23(14-21)20(24)16-7-8-18(27-12-10-22)19(13-16)26-2/h3-8,13,25H,9-12,14,22H2,1-2H3. The summed E-state index contributed by atoms with van der Waals surface area (Å²) in [5.74, 6) is 0.906. The number of hydrogen-bond donors (Lipinski definition) is 2. The van der Waals surface area contributed by atoms with Crippen LogP contribution < -0.4 is 15.2 Å². The first-order valence-corrected chi connectivity index (χ1v) is 9.07. The number of amides is 1. The van der Waals surface area contributed by atoms with Gasteiger partial charge in [0.25, 0.3) is 5.91 Å². The predicted molar refractivity (Wildman–Crippen MR) is 103 cm³/mol. The number of rotatable bonds is 6. The number of methoxy groups -OCH3 is 1. The van der Waals surface area contributed by atoms with Gasteiger partial charge in [-0.3, -0.25) is 4.79 Å². The molecule has 1 amide bonds. The maximum atomic E-state index is 12.9. The van der Waals surface area contributed by atoms with Crippen LogP contribution in [0.1, 0.15) is 27.9 Å². The predicted octanol–water partition coefficient (Wildman–Crippen LogP) is 2.07. The van der Waals surface area contributed by atoms with Crippen molar-refractivity contribution in [2.45, 2.75) is 18.9 Å². The highest BCUT2D eigenvalue weighted by molar-refractivity contribution is 5.95. The zero-order valence-electron chi connectivity index (χ0n) is 15.8. The summed E-state index contributed by atoms with van der Waals surface area (Å²) in [4.78, 5) is 14.6. The molecule has 6 heteroatoms. The van der Waals surface area contributed by atoms with Crippen LogP contribution in [0.3, 0.4) is 0 Å². The summed E-state index contributed by atoms with van der Waals surface area (Å²) in [5, 5.41) is 11.1. The van der Waals surface area contributed by atoms with Gasteiger partial charge in [-0.05, 0) is 42.7 Å². The molecule has 1 saturated heterocycles. The second-order valence-electron chi connectivity index (χ2n) is 6.83. The van der Waals surface area contributed by atoms with E-state index in [4.69, 9.17) is 15.2 Å². The number of nitrogens with zero attached hydrogens (tertiary/aromatic N) is 1. The van der Waals surface area contributed by atoms with Crippen LogP contribution in [0.25, 0.3) is 0 Å². The molecule has 2 aromatic carbocycles. The monoisotopic (exact) mass is 370 g/mol. The van der Waals surface area contributed by atoms with Gasteiger partial charge in [-0.15, -0.1) is 0 Å². The number of β-amino-alcohol motifs (C(OH)–C–C–N with tert-alkyl or cyclic N) is 1. The van der Waals surface area contributed by atoms with Crippen molar-refractivity contribution >= 4 is 5.91 Å². The van der Waals surface area contributed by atoms with E-state index in [1.54, 1.807) is 23.1 Å². The van der Waals surface area contributed by atoms with E-state index in [1.807, 2.05) is 31.2 Å². The third-order valence-corrected chi connectivity index (χ3v) is 4.97. The topological polar surface area (TPSA) is 85.0 Å². The normalized spacial score (nSPS) is 19.2. The molecular formula is C21H26N2O4. The lowest BCUT2D eigenvalue weighted by atomic mass is 9.89. The lowest BCUT2D eigenvalue weighted by molar-refractivity contribution is 0.0412.